The van der Waals surface area contributed by atoms with Gasteiger partial charge in [0.2, 0.25) is 10.0 Å². The summed E-state index contributed by atoms with van der Waals surface area (Å²) in [6, 6.07) is 4.94. The van der Waals surface area contributed by atoms with Crippen LogP contribution in [0.1, 0.15) is 38.2 Å². The molecule has 0 aromatic heterocycles. The molecule has 19 heavy (non-hydrogen) atoms. The van der Waals surface area contributed by atoms with E-state index < -0.39 is 10.0 Å². The number of benzene rings is 1. The summed E-state index contributed by atoms with van der Waals surface area (Å²) in [7, 11) is -3.44. The Morgan fingerprint density at radius 3 is 2.63 bits per heavy atom. The average Bonchev–Trinajstić information content (AvgIpc) is 3.11. The molecule has 1 aromatic carbocycles. The fourth-order valence-electron chi connectivity index (χ4n) is 2.31. The standard InChI is InChI=1S/C14H22N2O2S/c1-3-13(9-11-4-5-11)16-19(17,18)14-7-6-12(15)8-10(14)2/h6-8,11,13,16H,3-5,9,15H2,1-2H3. The van der Waals surface area contributed by atoms with Crippen LogP contribution in [0, 0.1) is 12.8 Å². The number of hydrogen-bond acceptors (Lipinski definition) is 3. The average molecular weight is 282 g/mol. The lowest BCUT2D eigenvalue weighted by atomic mass is 10.1. The normalized spacial score (nSPS) is 17.4. The minimum absolute atomic E-state index is 0.0365. The third kappa shape index (κ3) is 3.70. The van der Waals surface area contributed by atoms with E-state index in [9.17, 15) is 8.42 Å². The number of sulfonamides is 1. The smallest absolute Gasteiger partial charge is 0.241 e. The zero-order valence-electron chi connectivity index (χ0n) is 11.5. The van der Waals surface area contributed by atoms with Gasteiger partial charge in [0.15, 0.2) is 0 Å². The Labute approximate surface area is 115 Å². The van der Waals surface area contributed by atoms with Crippen molar-refractivity contribution in [1.29, 1.82) is 0 Å². The molecule has 1 aliphatic carbocycles. The van der Waals surface area contributed by atoms with Crippen LogP contribution in [0.15, 0.2) is 23.1 Å². The van der Waals surface area contributed by atoms with E-state index in [1.807, 2.05) is 6.92 Å². The molecule has 106 valence electrons. The fraction of sp³-hybridized carbons (Fsp3) is 0.571. The van der Waals surface area contributed by atoms with Crippen LogP contribution in [-0.2, 0) is 10.0 Å². The van der Waals surface area contributed by atoms with Gasteiger partial charge < -0.3 is 5.73 Å². The topological polar surface area (TPSA) is 72.2 Å². The molecule has 3 N–H and O–H groups in total. The predicted octanol–water partition coefficient (Wildman–Crippen LogP) is 2.43. The van der Waals surface area contributed by atoms with E-state index in [1.165, 1.54) is 12.8 Å². The van der Waals surface area contributed by atoms with Crippen molar-refractivity contribution >= 4 is 15.7 Å². The second-order valence-electron chi connectivity index (χ2n) is 5.43. The summed E-state index contributed by atoms with van der Waals surface area (Å²) in [6.07, 6.45) is 4.24. The molecule has 0 bridgehead atoms. The van der Waals surface area contributed by atoms with Crippen LogP contribution in [0.4, 0.5) is 5.69 Å². The van der Waals surface area contributed by atoms with Crippen molar-refractivity contribution in [2.24, 2.45) is 5.92 Å². The second-order valence-corrected chi connectivity index (χ2v) is 7.11. The number of aryl methyl sites for hydroxylation is 1. The monoisotopic (exact) mass is 282 g/mol. The van der Waals surface area contributed by atoms with Gasteiger partial charge in [-0.2, -0.15) is 0 Å². The second kappa shape index (κ2) is 5.51. The first-order valence-electron chi connectivity index (χ1n) is 6.81. The zero-order chi connectivity index (χ0) is 14.0. The Morgan fingerprint density at radius 1 is 1.42 bits per heavy atom. The maximum atomic E-state index is 12.4. The lowest BCUT2D eigenvalue weighted by Crippen LogP contribution is -2.35. The maximum Gasteiger partial charge on any atom is 0.241 e. The van der Waals surface area contributed by atoms with Crippen molar-refractivity contribution in [3.63, 3.8) is 0 Å². The van der Waals surface area contributed by atoms with E-state index in [1.54, 1.807) is 25.1 Å². The van der Waals surface area contributed by atoms with Crippen LogP contribution < -0.4 is 10.5 Å². The Kier molecular flexibility index (Phi) is 4.16. The van der Waals surface area contributed by atoms with Crippen molar-refractivity contribution in [2.45, 2.75) is 50.5 Å². The number of nitrogens with one attached hydrogen (secondary N) is 1. The van der Waals surface area contributed by atoms with E-state index in [4.69, 9.17) is 5.73 Å². The molecule has 0 radical (unpaired) electrons. The lowest BCUT2D eigenvalue weighted by molar-refractivity contribution is 0.495. The summed E-state index contributed by atoms with van der Waals surface area (Å²) in [4.78, 5) is 0.330. The third-order valence-corrected chi connectivity index (χ3v) is 5.30. The molecule has 1 aliphatic rings. The third-order valence-electron chi connectivity index (χ3n) is 3.62. The molecule has 1 fully saturated rings. The maximum absolute atomic E-state index is 12.4. The molecule has 4 nitrogen and oxygen atoms in total. The molecule has 1 atom stereocenters. The molecule has 0 aliphatic heterocycles. The summed E-state index contributed by atoms with van der Waals surface area (Å²) in [5, 5.41) is 0. The molecule has 1 saturated carbocycles. The minimum atomic E-state index is -3.44. The van der Waals surface area contributed by atoms with Crippen LogP contribution >= 0.6 is 0 Å². The Balaban J connectivity index is 2.15. The van der Waals surface area contributed by atoms with Crippen LogP contribution in [0.25, 0.3) is 0 Å². The van der Waals surface area contributed by atoms with Gasteiger partial charge in [0.05, 0.1) is 4.90 Å². The highest BCUT2D eigenvalue weighted by Gasteiger charge is 2.28. The van der Waals surface area contributed by atoms with Crippen molar-refractivity contribution in [2.75, 3.05) is 5.73 Å². The number of nitrogens with two attached hydrogens (primary N) is 1. The number of rotatable bonds is 6. The summed E-state index contributed by atoms with van der Waals surface area (Å²) >= 11 is 0. The summed E-state index contributed by atoms with van der Waals surface area (Å²) in [6.45, 7) is 3.79. The van der Waals surface area contributed by atoms with E-state index in [0.717, 1.165) is 12.8 Å². The van der Waals surface area contributed by atoms with Crippen LogP contribution in [0.2, 0.25) is 0 Å². The van der Waals surface area contributed by atoms with Gasteiger partial charge in [-0.3, -0.25) is 0 Å². The van der Waals surface area contributed by atoms with E-state index in [2.05, 4.69) is 4.72 Å². The van der Waals surface area contributed by atoms with Crippen molar-refractivity contribution in [1.82, 2.24) is 4.72 Å². The van der Waals surface area contributed by atoms with E-state index in [0.29, 0.717) is 22.1 Å². The van der Waals surface area contributed by atoms with Gasteiger partial charge in [-0.05, 0) is 49.4 Å². The predicted molar refractivity (Wildman–Crippen MR) is 77.3 cm³/mol. The first-order chi connectivity index (χ1) is 8.92. The quantitative estimate of drug-likeness (QED) is 0.787. The van der Waals surface area contributed by atoms with Gasteiger partial charge in [-0.15, -0.1) is 0 Å². The van der Waals surface area contributed by atoms with E-state index >= 15 is 0 Å². The largest absolute Gasteiger partial charge is 0.399 e. The number of hydrogen-bond donors (Lipinski definition) is 2. The Morgan fingerprint density at radius 2 is 2.11 bits per heavy atom. The highest BCUT2D eigenvalue weighted by molar-refractivity contribution is 7.89. The molecule has 1 aromatic rings. The van der Waals surface area contributed by atoms with Gasteiger partial charge in [-0.25, -0.2) is 13.1 Å². The minimum Gasteiger partial charge on any atom is -0.399 e. The number of nitrogen functional groups attached to an aromatic ring is 1. The van der Waals surface area contributed by atoms with Gasteiger partial charge >= 0.3 is 0 Å². The summed E-state index contributed by atoms with van der Waals surface area (Å²) in [5.74, 6) is 0.708. The highest BCUT2D eigenvalue weighted by Crippen LogP contribution is 2.34. The molecular formula is C14H22N2O2S. The SMILES string of the molecule is CCC(CC1CC1)NS(=O)(=O)c1ccc(N)cc1C. The molecular weight excluding hydrogens is 260 g/mol. The van der Waals surface area contributed by atoms with Crippen LogP contribution in [0.3, 0.4) is 0 Å². The van der Waals surface area contributed by atoms with Gasteiger partial charge in [0, 0.05) is 11.7 Å². The summed E-state index contributed by atoms with van der Waals surface area (Å²) in [5.41, 5.74) is 6.93. The highest BCUT2D eigenvalue weighted by atomic mass is 32.2. The van der Waals surface area contributed by atoms with Gasteiger partial charge in [0.1, 0.15) is 0 Å². The lowest BCUT2D eigenvalue weighted by Gasteiger charge is -2.18. The number of anilines is 1. The molecule has 1 unspecified atom stereocenters. The Bertz CT molecular complexity index is 551. The van der Waals surface area contributed by atoms with Gasteiger partial charge in [0.25, 0.3) is 0 Å². The molecule has 0 heterocycles. The Hall–Kier alpha value is -1.07. The molecule has 0 amide bonds. The fourth-order valence-corrected chi connectivity index (χ4v) is 3.87. The molecule has 0 spiro atoms. The molecule has 5 heteroatoms. The van der Waals surface area contributed by atoms with Crippen LogP contribution in [0.5, 0.6) is 0 Å². The van der Waals surface area contributed by atoms with Crippen LogP contribution in [-0.4, -0.2) is 14.5 Å². The summed E-state index contributed by atoms with van der Waals surface area (Å²) < 4.78 is 27.6. The van der Waals surface area contributed by atoms with E-state index in [-0.39, 0.29) is 6.04 Å². The van der Waals surface area contributed by atoms with Gasteiger partial charge in [-0.1, -0.05) is 19.8 Å². The van der Waals surface area contributed by atoms with Crippen molar-refractivity contribution in [3.8, 4) is 0 Å². The first-order valence-corrected chi connectivity index (χ1v) is 8.29. The molecule has 0 saturated heterocycles. The van der Waals surface area contributed by atoms with Crippen molar-refractivity contribution < 1.29 is 8.42 Å². The zero-order valence-corrected chi connectivity index (χ0v) is 12.3. The van der Waals surface area contributed by atoms with Crippen molar-refractivity contribution in [3.05, 3.63) is 23.8 Å². The molecule has 2 rings (SSSR count). The first kappa shape index (κ1) is 14.3.